The molecule has 0 radical (unpaired) electrons. The van der Waals surface area contributed by atoms with Crippen LogP contribution in [0.5, 0.6) is 0 Å². The zero-order valence-electron chi connectivity index (χ0n) is 33.6. The van der Waals surface area contributed by atoms with E-state index >= 15 is 0 Å². The molecule has 0 unspecified atom stereocenters. The Hall–Kier alpha value is -6.83. The number of nitrogens with one attached hydrogen (secondary N) is 5. The number of alkyl halides is 6. The molecule has 6 amide bonds. The van der Waals surface area contributed by atoms with Crippen LogP contribution in [0.1, 0.15) is 49.9 Å². The second-order valence-corrected chi connectivity index (χ2v) is 13.6. The van der Waals surface area contributed by atoms with Gasteiger partial charge in [-0.3, -0.25) is 54.2 Å². The zero-order valence-corrected chi connectivity index (χ0v) is 33.6. The minimum absolute atomic E-state index is 0.0932. The Morgan fingerprint density at radius 1 is 0.873 bits per heavy atom. The van der Waals surface area contributed by atoms with Crippen molar-refractivity contribution < 1.29 is 74.9 Å². The van der Waals surface area contributed by atoms with E-state index in [-0.39, 0.29) is 55.8 Å². The highest BCUT2D eigenvalue weighted by Gasteiger charge is 2.39. The Morgan fingerprint density at radius 2 is 1.41 bits per heavy atom. The number of carbonyl (C=O) groups is 8. The highest BCUT2D eigenvalue weighted by atomic mass is 19.4. The van der Waals surface area contributed by atoms with Gasteiger partial charge in [-0.2, -0.15) is 26.3 Å². The minimum Gasteiger partial charge on any atom is -0.475 e. The standard InChI is InChI=1S/C33H44N10O6.2C2HF3O2/c1-20(30(47)41-25(32(49)38-21(2)44)10-7-15-36-33(34)35)37-18-28(45)39-22-13-16-42(17-14-22)19-29(46)43-26-11-5-3-8-23(26)31(48)40-24-9-4-6-12-27(24)43;2*3-2(4,5)1(6)7/h3-6,8-9,11-12,20,22,25,37H,7,10,13-19H2,1-2H3,(H,39,45)(H,40,48)(H,41,47)(H4,34,35,36)(H,38,44,49);2*(H,6,7)/t20-,25-;;/m0../s1. The Bertz CT molecular complexity index is 1980. The molecule has 2 atom stereocenters. The molecule has 4 rings (SSSR count). The van der Waals surface area contributed by atoms with Crippen LogP contribution in [0.25, 0.3) is 0 Å². The van der Waals surface area contributed by atoms with Gasteiger partial charge in [0.15, 0.2) is 5.96 Å². The number of halogens is 6. The summed E-state index contributed by atoms with van der Waals surface area (Å²) in [7, 11) is 0. The molecule has 0 aliphatic carbocycles. The first-order valence-electron chi connectivity index (χ1n) is 18.7. The lowest BCUT2D eigenvalue weighted by atomic mass is 10.0. The molecule has 2 aliphatic rings. The molecule has 0 spiro atoms. The zero-order chi connectivity index (χ0) is 47.7. The average Bonchev–Trinajstić information content (AvgIpc) is 3.31. The molecular formula is C37H46F6N10O10. The number of hydrogen-bond donors (Lipinski definition) is 9. The van der Waals surface area contributed by atoms with Gasteiger partial charge in [-0.15, -0.1) is 0 Å². The van der Waals surface area contributed by atoms with Gasteiger partial charge in [-0.1, -0.05) is 24.3 Å². The monoisotopic (exact) mass is 904 g/mol. The molecule has 2 heterocycles. The summed E-state index contributed by atoms with van der Waals surface area (Å²) in [5, 5.41) is 27.8. The van der Waals surface area contributed by atoms with Gasteiger partial charge >= 0.3 is 24.3 Å². The summed E-state index contributed by atoms with van der Waals surface area (Å²) in [6.45, 7) is 4.14. The van der Waals surface area contributed by atoms with Crippen LogP contribution in [-0.2, 0) is 33.6 Å². The molecule has 2 aromatic rings. The van der Waals surface area contributed by atoms with Crippen LogP contribution < -0.4 is 43.0 Å². The topological polar surface area (TPSA) is 308 Å². The SMILES string of the molecule is CC(=O)NC(=O)[C@H](CCCN=C(N)N)NC(=O)[C@H](C)NCC(=O)NC1CCN(CC(=O)N2c3ccccc3NC(=O)c3ccccc32)CC1.O=C(O)C(F)(F)F.O=C(O)C(F)(F)F. The maximum atomic E-state index is 13.7. The van der Waals surface area contributed by atoms with Crippen molar-refractivity contribution in [1.29, 1.82) is 0 Å². The van der Waals surface area contributed by atoms with Crippen LogP contribution >= 0.6 is 0 Å². The number of imide groups is 1. The molecule has 0 bridgehead atoms. The molecule has 2 aliphatic heterocycles. The van der Waals surface area contributed by atoms with Gasteiger partial charge in [0.05, 0.1) is 41.8 Å². The summed E-state index contributed by atoms with van der Waals surface area (Å²) >= 11 is 0. The van der Waals surface area contributed by atoms with E-state index in [0.717, 1.165) is 0 Å². The summed E-state index contributed by atoms with van der Waals surface area (Å²) in [5.41, 5.74) is 12.7. The number of likely N-dealkylation sites (tertiary alicyclic amines) is 1. The summed E-state index contributed by atoms with van der Waals surface area (Å²) in [6.07, 6.45) is -8.36. The number of piperidine rings is 1. The first-order valence-corrected chi connectivity index (χ1v) is 18.7. The van der Waals surface area contributed by atoms with Gasteiger partial charge in [0, 0.05) is 32.6 Å². The molecular weight excluding hydrogens is 858 g/mol. The van der Waals surface area contributed by atoms with Crippen molar-refractivity contribution in [2.24, 2.45) is 16.5 Å². The number of carboxylic acid groups (broad SMARTS) is 2. The Kier molecular flexibility index (Phi) is 19.9. The van der Waals surface area contributed by atoms with Crippen LogP contribution in [0.4, 0.5) is 43.4 Å². The number of para-hydroxylation sites is 3. The third-order valence-corrected chi connectivity index (χ3v) is 8.67. The summed E-state index contributed by atoms with van der Waals surface area (Å²) in [4.78, 5) is 101. The summed E-state index contributed by atoms with van der Waals surface area (Å²) < 4.78 is 63.5. The first kappa shape index (κ1) is 52.3. The van der Waals surface area contributed by atoms with E-state index in [1.807, 2.05) is 11.0 Å². The number of hydrogen-bond acceptors (Lipinski definition) is 11. The predicted molar refractivity (Wildman–Crippen MR) is 211 cm³/mol. The number of carboxylic acids is 2. The van der Waals surface area contributed by atoms with Crippen molar-refractivity contribution in [3.63, 3.8) is 0 Å². The molecule has 1 fully saturated rings. The maximum Gasteiger partial charge on any atom is 0.490 e. The lowest BCUT2D eigenvalue weighted by molar-refractivity contribution is -0.193. The molecule has 26 heteroatoms. The van der Waals surface area contributed by atoms with E-state index in [0.29, 0.717) is 55.0 Å². The second kappa shape index (κ2) is 24.0. The van der Waals surface area contributed by atoms with Crippen molar-refractivity contribution in [3.05, 3.63) is 54.1 Å². The fraction of sp³-hybridized carbons (Fsp3) is 0.432. The Balaban J connectivity index is 0.000000838. The molecule has 11 N–H and O–H groups in total. The summed E-state index contributed by atoms with van der Waals surface area (Å²) in [6, 6.07) is 12.3. The number of fused-ring (bicyclic) bond motifs is 2. The molecule has 20 nitrogen and oxygen atoms in total. The smallest absolute Gasteiger partial charge is 0.475 e. The number of benzene rings is 2. The molecule has 63 heavy (non-hydrogen) atoms. The van der Waals surface area contributed by atoms with E-state index in [9.17, 15) is 55.1 Å². The van der Waals surface area contributed by atoms with E-state index in [2.05, 4.69) is 31.6 Å². The molecule has 0 saturated carbocycles. The first-order chi connectivity index (χ1) is 29.3. The largest absolute Gasteiger partial charge is 0.490 e. The Labute approximate surface area is 354 Å². The van der Waals surface area contributed by atoms with Crippen molar-refractivity contribution in [2.75, 3.05) is 42.9 Å². The predicted octanol–water partition coefficient (Wildman–Crippen LogP) is 0.943. The van der Waals surface area contributed by atoms with Crippen LogP contribution in [0, 0.1) is 0 Å². The number of anilines is 3. The fourth-order valence-electron chi connectivity index (χ4n) is 5.67. The second-order valence-electron chi connectivity index (χ2n) is 13.6. The van der Waals surface area contributed by atoms with Crippen LogP contribution in [0.3, 0.4) is 0 Å². The van der Waals surface area contributed by atoms with Crippen molar-refractivity contribution in [1.82, 2.24) is 26.2 Å². The van der Waals surface area contributed by atoms with Gasteiger partial charge in [0.2, 0.25) is 29.5 Å². The van der Waals surface area contributed by atoms with E-state index in [1.54, 1.807) is 54.3 Å². The minimum atomic E-state index is -5.08. The number of aliphatic imine (C=N–C) groups is 1. The van der Waals surface area contributed by atoms with Crippen LogP contribution in [-0.4, -0.2) is 132 Å². The van der Waals surface area contributed by atoms with Gasteiger partial charge in [-0.05, 0) is 56.9 Å². The lowest BCUT2D eigenvalue weighted by Crippen LogP contribution is -2.54. The van der Waals surface area contributed by atoms with E-state index in [4.69, 9.17) is 31.3 Å². The number of nitrogens with zero attached hydrogens (tertiary/aromatic N) is 3. The highest BCUT2D eigenvalue weighted by Crippen LogP contribution is 2.38. The number of aliphatic carboxylic acids is 2. The number of carbonyl (C=O) groups excluding carboxylic acids is 6. The van der Waals surface area contributed by atoms with Crippen molar-refractivity contribution in [3.8, 4) is 0 Å². The average molecular weight is 905 g/mol. The molecule has 1 saturated heterocycles. The molecule has 2 aromatic carbocycles. The van der Waals surface area contributed by atoms with Gasteiger partial charge in [0.25, 0.3) is 5.91 Å². The molecule has 346 valence electrons. The number of rotatable bonds is 13. The van der Waals surface area contributed by atoms with Gasteiger partial charge in [0.1, 0.15) is 6.04 Å². The van der Waals surface area contributed by atoms with Crippen molar-refractivity contribution in [2.45, 2.75) is 70.0 Å². The van der Waals surface area contributed by atoms with E-state index < -0.39 is 54.1 Å². The normalized spacial score (nSPS) is 14.7. The Morgan fingerprint density at radius 3 is 1.95 bits per heavy atom. The van der Waals surface area contributed by atoms with Crippen molar-refractivity contribution >= 4 is 70.4 Å². The lowest BCUT2D eigenvalue weighted by Gasteiger charge is -2.33. The quantitative estimate of drug-likeness (QED) is 0.0585. The summed E-state index contributed by atoms with van der Waals surface area (Å²) in [5.74, 6) is -8.10. The third kappa shape index (κ3) is 18.0. The molecule has 0 aromatic heterocycles. The fourth-order valence-corrected chi connectivity index (χ4v) is 5.67. The van der Waals surface area contributed by atoms with Gasteiger partial charge in [-0.25, -0.2) is 9.59 Å². The number of guanidine groups is 1. The number of nitrogens with two attached hydrogens (primary N) is 2. The van der Waals surface area contributed by atoms with Crippen LogP contribution in [0.15, 0.2) is 53.5 Å². The van der Waals surface area contributed by atoms with E-state index in [1.165, 1.54) is 6.92 Å². The van der Waals surface area contributed by atoms with Gasteiger partial charge < -0.3 is 37.6 Å². The maximum absolute atomic E-state index is 13.7. The highest BCUT2D eigenvalue weighted by molar-refractivity contribution is 6.18. The van der Waals surface area contributed by atoms with Crippen LogP contribution in [0.2, 0.25) is 0 Å². The third-order valence-electron chi connectivity index (χ3n) is 8.67. The number of amides is 6.